The Kier molecular flexibility index (Phi) is 5.12. The van der Waals surface area contributed by atoms with Crippen molar-refractivity contribution in [2.45, 2.75) is 26.2 Å². The third kappa shape index (κ3) is 3.13. The lowest BCUT2D eigenvalue weighted by Crippen LogP contribution is -2.16. The lowest BCUT2D eigenvalue weighted by molar-refractivity contribution is 0.0320. The van der Waals surface area contributed by atoms with Gasteiger partial charge in [-0.1, -0.05) is 39.0 Å². The Morgan fingerprint density at radius 2 is 1.50 bits per heavy atom. The Bertz CT molecular complexity index is 921. The molecule has 0 N–H and O–H groups in total. The topological polar surface area (TPSA) is 41.9 Å². The summed E-state index contributed by atoms with van der Waals surface area (Å²) in [7, 11) is 5.27. The van der Waals surface area contributed by atoms with E-state index in [1.807, 2.05) is 13.1 Å². The van der Waals surface area contributed by atoms with Crippen LogP contribution in [0.3, 0.4) is 0 Å². The van der Waals surface area contributed by atoms with Crippen LogP contribution in [0.25, 0.3) is 21.8 Å². The summed E-state index contributed by atoms with van der Waals surface area (Å²) in [6, 6.07) is 10.6. The number of methoxy groups -OCH3 is 2. The molecule has 3 rings (SSSR count). The molecule has 0 saturated heterocycles. The normalized spacial score (nSPS) is 12.1. The molecule has 0 fully saturated rings. The molecule has 0 saturated carbocycles. The van der Waals surface area contributed by atoms with Gasteiger partial charge < -0.3 is 23.5 Å². The number of para-hydroxylation sites is 1. The highest BCUT2D eigenvalue weighted by atomic mass is 16.7. The van der Waals surface area contributed by atoms with Gasteiger partial charge in [-0.15, -0.1) is 0 Å². The molecule has 0 aliphatic heterocycles. The number of hydrogen-bond donors (Lipinski definition) is 0. The van der Waals surface area contributed by atoms with Gasteiger partial charge in [-0.2, -0.15) is 0 Å². The fourth-order valence-corrected chi connectivity index (χ4v) is 3.35. The van der Waals surface area contributed by atoms with Crippen LogP contribution in [0.5, 0.6) is 11.5 Å². The number of nitrogens with zero attached hydrogens (tertiary/aromatic N) is 1. The lowest BCUT2D eigenvalue weighted by atomic mass is 9.85. The molecular formula is C21H27NO4. The molecule has 1 heterocycles. The zero-order chi connectivity index (χ0) is 18.9. The van der Waals surface area contributed by atoms with Crippen molar-refractivity contribution in [1.29, 1.82) is 0 Å². The van der Waals surface area contributed by atoms with Crippen LogP contribution in [0.15, 0.2) is 30.3 Å². The molecular weight excluding hydrogens is 330 g/mol. The van der Waals surface area contributed by atoms with Gasteiger partial charge in [-0.25, -0.2) is 0 Å². The molecule has 5 heteroatoms. The van der Waals surface area contributed by atoms with Crippen LogP contribution in [0.2, 0.25) is 0 Å². The SMILES string of the molecule is COCOc1c(C(C)(C)C)cc2c3ccccc3n(C)c2c1OCOC. The van der Waals surface area contributed by atoms with Crippen molar-refractivity contribution < 1.29 is 18.9 Å². The molecule has 0 bridgehead atoms. The van der Waals surface area contributed by atoms with E-state index in [1.165, 1.54) is 5.39 Å². The first kappa shape index (κ1) is 18.5. The van der Waals surface area contributed by atoms with Crippen LogP contribution < -0.4 is 9.47 Å². The highest BCUT2D eigenvalue weighted by Crippen LogP contribution is 2.46. The second-order valence-electron chi connectivity index (χ2n) is 7.41. The molecule has 5 nitrogen and oxygen atoms in total. The van der Waals surface area contributed by atoms with Crippen molar-refractivity contribution in [1.82, 2.24) is 4.57 Å². The predicted octanol–water partition coefficient (Wildman–Crippen LogP) is 4.59. The molecule has 0 spiro atoms. The van der Waals surface area contributed by atoms with E-state index in [0.717, 1.165) is 22.0 Å². The van der Waals surface area contributed by atoms with E-state index in [2.05, 4.69) is 49.6 Å². The van der Waals surface area contributed by atoms with Gasteiger partial charge in [0.05, 0.1) is 5.52 Å². The fourth-order valence-electron chi connectivity index (χ4n) is 3.35. The zero-order valence-electron chi connectivity index (χ0n) is 16.4. The van der Waals surface area contributed by atoms with Crippen LogP contribution in [0.4, 0.5) is 0 Å². The van der Waals surface area contributed by atoms with Crippen LogP contribution in [-0.4, -0.2) is 32.4 Å². The predicted molar refractivity (Wildman–Crippen MR) is 104 cm³/mol. The van der Waals surface area contributed by atoms with E-state index in [9.17, 15) is 0 Å². The van der Waals surface area contributed by atoms with E-state index in [1.54, 1.807) is 14.2 Å². The van der Waals surface area contributed by atoms with Gasteiger partial charge in [-0.05, 0) is 17.5 Å². The maximum absolute atomic E-state index is 6.02. The van der Waals surface area contributed by atoms with Gasteiger partial charge in [-0.3, -0.25) is 0 Å². The minimum Gasteiger partial charge on any atom is -0.463 e. The standard InChI is InChI=1S/C21H27NO4/c1-21(2,3)16-11-15-14-9-7-8-10-17(14)22(4)18(15)20(26-13-24-6)19(16)25-12-23-5/h7-11H,12-13H2,1-6H3. The van der Waals surface area contributed by atoms with Crippen molar-refractivity contribution in [2.24, 2.45) is 7.05 Å². The molecule has 0 amide bonds. The Hall–Kier alpha value is -2.24. The quantitative estimate of drug-likeness (QED) is 0.605. The first-order valence-electron chi connectivity index (χ1n) is 8.68. The van der Waals surface area contributed by atoms with Gasteiger partial charge in [0.25, 0.3) is 0 Å². The van der Waals surface area contributed by atoms with Crippen molar-refractivity contribution in [3.05, 3.63) is 35.9 Å². The largest absolute Gasteiger partial charge is 0.463 e. The van der Waals surface area contributed by atoms with Gasteiger partial charge >= 0.3 is 0 Å². The summed E-state index contributed by atoms with van der Waals surface area (Å²) < 4.78 is 24.5. The summed E-state index contributed by atoms with van der Waals surface area (Å²) in [5.41, 5.74) is 3.08. The Morgan fingerprint density at radius 1 is 0.885 bits per heavy atom. The average Bonchev–Trinajstić information content (AvgIpc) is 2.90. The summed E-state index contributed by atoms with van der Waals surface area (Å²) in [5.74, 6) is 1.39. The monoisotopic (exact) mass is 357 g/mol. The molecule has 0 unspecified atom stereocenters. The number of ether oxygens (including phenoxy) is 4. The molecule has 3 aromatic rings. The van der Waals surface area contributed by atoms with E-state index in [0.29, 0.717) is 11.5 Å². The summed E-state index contributed by atoms with van der Waals surface area (Å²) in [4.78, 5) is 0. The number of rotatable bonds is 6. The maximum atomic E-state index is 6.02. The van der Waals surface area contributed by atoms with Crippen LogP contribution >= 0.6 is 0 Å². The molecule has 0 radical (unpaired) electrons. The molecule has 0 atom stereocenters. The average molecular weight is 357 g/mol. The first-order chi connectivity index (χ1) is 12.4. The number of hydrogen-bond acceptors (Lipinski definition) is 4. The van der Waals surface area contributed by atoms with E-state index >= 15 is 0 Å². The molecule has 2 aromatic carbocycles. The van der Waals surface area contributed by atoms with Crippen LogP contribution in [-0.2, 0) is 21.9 Å². The van der Waals surface area contributed by atoms with Gasteiger partial charge in [0.1, 0.15) is 0 Å². The Labute approximate surface area is 154 Å². The summed E-state index contributed by atoms with van der Waals surface area (Å²) in [5, 5.41) is 2.33. The third-order valence-electron chi connectivity index (χ3n) is 4.55. The second kappa shape index (κ2) is 7.17. The Balaban J connectivity index is 2.42. The highest BCUT2D eigenvalue weighted by molar-refractivity contribution is 6.11. The van der Waals surface area contributed by atoms with Crippen LogP contribution in [0, 0.1) is 0 Å². The van der Waals surface area contributed by atoms with Crippen molar-refractivity contribution in [3.8, 4) is 11.5 Å². The van der Waals surface area contributed by atoms with Crippen molar-refractivity contribution >= 4 is 21.8 Å². The lowest BCUT2D eigenvalue weighted by Gasteiger charge is -2.25. The summed E-state index contributed by atoms with van der Waals surface area (Å²) in [6.45, 7) is 6.80. The molecule has 140 valence electrons. The van der Waals surface area contributed by atoms with E-state index < -0.39 is 0 Å². The van der Waals surface area contributed by atoms with E-state index in [4.69, 9.17) is 18.9 Å². The highest BCUT2D eigenvalue weighted by Gasteiger charge is 2.27. The zero-order valence-corrected chi connectivity index (χ0v) is 16.4. The second-order valence-corrected chi connectivity index (χ2v) is 7.41. The number of aromatic nitrogens is 1. The smallest absolute Gasteiger partial charge is 0.189 e. The van der Waals surface area contributed by atoms with Crippen molar-refractivity contribution in [3.63, 3.8) is 0 Å². The summed E-state index contributed by atoms with van der Waals surface area (Å²) >= 11 is 0. The van der Waals surface area contributed by atoms with Gasteiger partial charge in [0.15, 0.2) is 25.1 Å². The minimum absolute atomic E-state index is 0.126. The number of fused-ring (bicyclic) bond motifs is 3. The van der Waals surface area contributed by atoms with Gasteiger partial charge in [0.2, 0.25) is 0 Å². The van der Waals surface area contributed by atoms with Crippen LogP contribution in [0.1, 0.15) is 26.3 Å². The molecule has 0 aliphatic rings. The number of aryl methyl sites for hydroxylation is 1. The molecule has 1 aromatic heterocycles. The molecule has 0 aliphatic carbocycles. The third-order valence-corrected chi connectivity index (χ3v) is 4.55. The fraction of sp³-hybridized carbons (Fsp3) is 0.429. The first-order valence-corrected chi connectivity index (χ1v) is 8.68. The van der Waals surface area contributed by atoms with E-state index in [-0.39, 0.29) is 19.0 Å². The minimum atomic E-state index is -0.126. The van der Waals surface area contributed by atoms with Gasteiger partial charge in [0, 0.05) is 43.1 Å². The van der Waals surface area contributed by atoms with Crippen molar-refractivity contribution in [2.75, 3.05) is 27.8 Å². The summed E-state index contributed by atoms with van der Waals surface area (Å²) in [6.07, 6.45) is 0. The maximum Gasteiger partial charge on any atom is 0.189 e. The molecule has 26 heavy (non-hydrogen) atoms. The Morgan fingerprint density at radius 3 is 2.12 bits per heavy atom. The number of benzene rings is 2.